The van der Waals surface area contributed by atoms with Gasteiger partial charge < -0.3 is 15.6 Å². The zero-order valence-electron chi connectivity index (χ0n) is 11.9. The minimum Gasteiger partial charge on any atom is -0.361 e. The number of nitrogens with zero attached hydrogens (tertiary/aromatic N) is 1. The molecule has 0 spiro atoms. The second-order valence-electron chi connectivity index (χ2n) is 5.52. The number of nitrogens with two attached hydrogens (primary N) is 1. The van der Waals surface area contributed by atoms with Crippen LogP contribution >= 0.6 is 0 Å². The summed E-state index contributed by atoms with van der Waals surface area (Å²) in [6.07, 6.45) is 4.05. The van der Waals surface area contributed by atoms with E-state index in [4.69, 9.17) is 10.3 Å². The van der Waals surface area contributed by atoms with Crippen molar-refractivity contribution >= 4 is 5.91 Å². The Morgan fingerprint density at radius 1 is 1.42 bits per heavy atom. The summed E-state index contributed by atoms with van der Waals surface area (Å²) in [6, 6.07) is -0.0986. The molecule has 0 aromatic carbocycles. The fraction of sp³-hybridized carbons (Fsp3) is 0.714. The molecule has 0 aliphatic heterocycles. The van der Waals surface area contributed by atoms with Crippen molar-refractivity contribution in [1.82, 2.24) is 10.5 Å². The molecule has 1 aliphatic carbocycles. The van der Waals surface area contributed by atoms with Crippen molar-refractivity contribution in [3.63, 3.8) is 0 Å². The van der Waals surface area contributed by atoms with E-state index >= 15 is 0 Å². The van der Waals surface area contributed by atoms with Crippen LogP contribution in [0, 0.1) is 19.8 Å². The maximum Gasteiger partial charge on any atom is 0.225 e. The highest BCUT2D eigenvalue weighted by atomic mass is 16.5. The first-order valence-corrected chi connectivity index (χ1v) is 6.99. The summed E-state index contributed by atoms with van der Waals surface area (Å²) in [4.78, 5) is 12.3. The monoisotopic (exact) mass is 265 g/mol. The van der Waals surface area contributed by atoms with Crippen LogP contribution in [0.25, 0.3) is 0 Å². The Balaban J connectivity index is 2.02. The quantitative estimate of drug-likeness (QED) is 0.875. The highest BCUT2D eigenvalue weighted by Gasteiger charge is 2.29. The van der Waals surface area contributed by atoms with Crippen LogP contribution in [0.5, 0.6) is 0 Å². The van der Waals surface area contributed by atoms with Gasteiger partial charge in [0.15, 0.2) is 0 Å². The highest BCUT2D eigenvalue weighted by Crippen LogP contribution is 2.25. The summed E-state index contributed by atoms with van der Waals surface area (Å²) in [5.41, 5.74) is 7.84. The molecule has 2 rings (SSSR count). The smallest absolute Gasteiger partial charge is 0.225 e. The molecule has 1 aromatic rings. The molecular formula is C14H23N3O2. The number of carbonyl (C=O) groups is 1. The van der Waals surface area contributed by atoms with Gasteiger partial charge in [-0.2, -0.15) is 0 Å². The van der Waals surface area contributed by atoms with E-state index in [-0.39, 0.29) is 23.9 Å². The fourth-order valence-electron chi connectivity index (χ4n) is 2.99. The van der Waals surface area contributed by atoms with E-state index in [1.54, 1.807) is 0 Å². The number of aromatic nitrogens is 1. The first-order chi connectivity index (χ1) is 9.00. The number of hydrogen-bond acceptors (Lipinski definition) is 4. The molecule has 3 unspecified atom stereocenters. The van der Waals surface area contributed by atoms with E-state index in [2.05, 4.69) is 10.5 Å². The van der Waals surface area contributed by atoms with Gasteiger partial charge in [-0.05, 0) is 33.6 Å². The van der Waals surface area contributed by atoms with Gasteiger partial charge in [0.05, 0.1) is 17.7 Å². The predicted molar refractivity (Wildman–Crippen MR) is 72.5 cm³/mol. The number of aryl methyl sites for hydroxylation is 2. The lowest BCUT2D eigenvalue weighted by Crippen LogP contribution is -2.44. The van der Waals surface area contributed by atoms with Gasteiger partial charge in [-0.3, -0.25) is 4.79 Å². The van der Waals surface area contributed by atoms with Crippen LogP contribution in [0.2, 0.25) is 0 Å². The van der Waals surface area contributed by atoms with E-state index in [1.807, 2.05) is 20.8 Å². The Hall–Kier alpha value is -1.36. The standard InChI is InChI=1S/C14H23N3O2/c1-8(13-9(2)17-19-10(13)3)16-14(18)11-6-4-5-7-12(11)15/h8,11-12H,4-7,15H2,1-3H3,(H,16,18). The second kappa shape index (κ2) is 5.74. The molecule has 3 N–H and O–H groups in total. The maximum atomic E-state index is 12.3. The average Bonchev–Trinajstić information content (AvgIpc) is 2.69. The molecule has 106 valence electrons. The van der Waals surface area contributed by atoms with Crippen molar-refractivity contribution < 1.29 is 9.32 Å². The minimum atomic E-state index is -0.0899. The molecule has 1 heterocycles. The predicted octanol–water partition coefficient (Wildman–Crippen LogP) is 1.99. The molecular weight excluding hydrogens is 242 g/mol. The van der Waals surface area contributed by atoms with Crippen LogP contribution in [0.4, 0.5) is 0 Å². The summed E-state index contributed by atoms with van der Waals surface area (Å²) in [7, 11) is 0. The molecule has 3 atom stereocenters. The summed E-state index contributed by atoms with van der Waals surface area (Å²) >= 11 is 0. The molecule has 1 saturated carbocycles. The van der Waals surface area contributed by atoms with Crippen LogP contribution in [0.3, 0.4) is 0 Å². The van der Waals surface area contributed by atoms with E-state index in [0.717, 1.165) is 42.7 Å². The Labute approximate surface area is 113 Å². The van der Waals surface area contributed by atoms with Gasteiger partial charge in [0.1, 0.15) is 5.76 Å². The zero-order valence-corrected chi connectivity index (χ0v) is 11.9. The summed E-state index contributed by atoms with van der Waals surface area (Å²) in [5, 5.41) is 6.97. The molecule has 0 bridgehead atoms. The van der Waals surface area contributed by atoms with Gasteiger partial charge in [0, 0.05) is 11.6 Å². The molecule has 1 amide bonds. The SMILES string of the molecule is Cc1noc(C)c1C(C)NC(=O)C1CCCCC1N. The molecule has 0 radical (unpaired) electrons. The Morgan fingerprint density at radius 3 is 2.68 bits per heavy atom. The van der Waals surface area contributed by atoms with Gasteiger partial charge in [0.2, 0.25) is 5.91 Å². The number of carbonyl (C=O) groups excluding carboxylic acids is 1. The van der Waals surface area contributed by atoms with E-state index in [0.29, 0.717) is 0 Å². The van der Waals surface area contributed by atoms with E-state index in [1.165, 1.54) is 0 Å². The van der Waals surface area contributed by atoms with Crippen molar-refractivity contribution in [1.29, 1.82) is 0 Å². The van der Waals surface area contributed by atoms with E-state index < -0.39 is 0 Å². The van der Waals surface area contributed by atoms with Gasteiger partial charge in [-0.1, -0.05) is 18.0 Å². The molecule has 1 aliphatic rings. The molecule has 5 heteroatoms. The van der Waals surface area contributed by atoms with Crippen LogP contribution in [0.1, 0.15) is 55.7 Å². The maximum absolute atomic E-state index is 12.3. The molecule has 1 fully saturated rings. The number of amides is 1. The zero-order chi connectivity index (χ0) is 14.0. The van der Waals surface area contributed by atoms with Crippen LogP contribution in [0.15, 0.2) is 4.52 Å². The molecule has 19 heavy (non-hydrogen) atoms. The lowest BCUT2D eigenvalue weighted by Gasteiger charge is -2.28. The average molecular weight is 265 g/mol. The molecule has 1 aromatic heterocycles. The van der Waals surface area contributed by atoms with Crippen molar-refractivity contribution in [3.8, 4) is 0 Å². The summed E-state index contributed by atoms with van der Waals surface area (Å²) in [6.45, 7) is 5.71. The van der Waals surface area contributed by atoms with Crippen LogP contribution in [-0.4, -0.2) is 17.1 Å². The highest BCUT2D eigenvalue weighted by molar-refractivity contribution is 5.80. The normalized spacial score (nSPS) is 25.1. The van der Waals surface area contributed by atoms with Gasteiger partial charge in [-0.25, -0.2) is 0 Å². The largest absolute Gasteiger partial charge is 0.361 e. The van der Waals surface area contributed by atoms with Crippen LogP contribution in [-0.2, 0) is 4.79 Å². The van der Waals surface area contributed by atoms with E-state index in [9.17, 15) is 4.79 Å². The van der Waals surface area contributed by atoms with Gasteiger partial charge >= 0.3 is 0 Å². The number of nitrogens with one attached hydrogen (secondary N) is 1. The van der Waals surface area contributed by atoms with Crippen molar-refractivity contribution in [2.24, 2.45) is 11.7 Å². The molecule has 5 nitrogen and oxygen atoms in total. The summed E-state index contributed by atoms with van der Waals surface area (Å²) < 4.78 is 5.14. The lowest BCUT2D eigenvalue weighted by molar-refractivity contribution is -0.127. The van der Waals surface area contributed by atoms with Crippen molar-refractivity contribution in [2.75, 3.05) is 0 Å². The second-order valence-corrected chi connectivity index (χ2v) is 5.52. The topological polar surface area (TPSA) is 81.2 Å². The number of rotatable bonds is 3. The molecule has 0 saturated heterocycles. The van der Waals surface area contributed by atoms with Crippen LogP contribution < -0.4 is 11.1 Å². The minimum absolute atomic E-state index is 0.00869. The third kappa shape index (κ3) is 2.97. The lowest BCUT2D eigenvalue weighted by atomic mass is 9.84. The Morgan fingerprint density at radius 2 is 2.11 bits per heavy atom. The van der Waals surface area contributed by atoms with Gasteiger partial charge in [0.25, 0.3) is 0 Å². The Bertz CT molecular complexity index is 436. The third-order valence-corrected chi connectivity index (χ3v) is 4.04. The first-order valence-electron chi connectivity index (χ1n) is 6.99. The first kappa shape index (κ1) is 14.1. The van der Waals surface area contributed by atoms with Gasteiger partial charge in [-0.15, -0.1) is 0 Å². The van der Waals surface area contributed by atoms with Crippen molar-refractivity contribution in [2.45, 2.75) is 58.5 Å². The Kier molecular flexibility index (Phi) is 4.24. The number of hydrogen-bond donors (Lipinski definition) is 2. The third-order valence-electron chi connectivity index (χ3n) is 4.04. The fourth-order valence-corrected chi connectivity index (χ4v) is 2.99. The van der Waals surface area contributed by atoms with Crippen molar-refractivity contribution in [3.05, 3.63) is 17.0 Å². The summed E-state index contributed by atoms with van der Waals surface area (Å²) in [5.74, 6) is 0.759.